The molecule has 0 saturated heterocycles. The Bertz CT molecular complexity index is 1150. The standard InChI is InChI=1S/C27H30F3NO3S/c1-16(2)24-25(35-26(31-24)20-6-5-7-21(11-8-20)27(28,29)30)18(4)15-34-22-12-9-19(17(3)14-22)10-13-23(32)33/h5-9,11-12,14,16,18,20H,10,13,15H2,1-4H3,(H,32,33). The summed E-state index contributed by atoms with van der Waals surface area (Å²) in [4.78, 5) is 16.7. The highest BCUT2D eigenvalue weighted by atomic mass is 32.1. The number of hydrogen-bond acceptors (Lipinski definition) is 4. The third kappa shape index (κ3) is 7.07. The zero-order valence-electron chi connectivity index (χ0n) is 20.2. The van der Waals surface area contributed by atoms with Crippen LogP contribution in [0.25, 0.3) is 0 Å². The van der Waals surface area contributed by atoms with Crippen LogP contribution in [0.2, 0.25) is 0 Å². The first-order valence-electron chi connectivity index (χ1n) is 11.5. The Morgan fingerprint density at radius 1 is 1.23 bits per heavy atom. The minimum absolute atomic E-state index is 0.0354. The summed E-state index contributed by atoms with van der Waals surface area (Å²) >= 11 is 1.52. The number of ether oxygens (including phenoxy) is 1. The molecule has 2 aromatic rings. The molecule has 0 bridgehead atoms. The van der Waals surface area contributed by atoms with Crippen LogP contribution in [0.4, 0.5) is 13.2 Å². The van der Waals surface area contributed by atoms with Crippen LogP contribution in [0.15, 0.2) is 54.2 Å². The predicted molar refractivity (Wildman–Crippen MR) is 132 cm³/mol. The fraction of sp³-hybridized carbons (Fsp3) is 0.407. The van der Waals surface area contributed by atoms with E-state index in [-0.39, 0.29) is 24.2 Å². The summed E-state index contributed by atoms with van der Waals surface area (Å²) in [6.45, 7) is 8.52. The highest BCUT2D eigenvalue weighted by molar-refractivity contribution is 7.12. The molecule has 1 aliphatic rings. The van der Waals surface area contributed by atoms with Crippen molar-refractivity contribution >= 4 is 17.3 Å². The average molecular weight is 506 g/mol. The fourth-order valence-electron chi connectivity index (χ4n) is 3.81. The van der Waals surface area contributed by atoms with Crippen molar-refractivity contribution in [1.29, 1.82) is 0 Å². The van der Waals surface area contributed by atoms with Crippen LogP contribution in [-0.4, -0.2) is 28.8 Å². The first kappa shape index (κ1) is 26.7. The van der Waals surface area contributed by atoms with E-state index < -0.39 is 17.7 Å². The Kier molecular flexibility index (Phi) is 8.59. The van der Waals surface area contributed by atoms with E-state index in [0.29, 0.717) is 18.8 Å². The van der Waals surface area contributed by atoms with Gasteiger partial charge in [0, 0.05) is 23.1 Å². The van der Waals surface area contributed by atoms with Crippen molar-refractivity contribution in [3.05, 3.63) is 80.9 Å². The predicted octanol–water partition coefficient (Wildman–Crippen LogP) is 7.47. The SMILES string of the molecule is Cc1cc(OCC(C)c2sc(C3C=CC=C(C(F)(F)F)C=C3)nc2C(C)C)ccc1CCC(=O)O. The van der Waals surface area contributed by atoms with Crippen molar-refractivity contribution in [2.45, 2.75) is 64.5 Å². The molecule has 1 aromatic carbocycles. The highest BCUT2D eigenvalue weighted by Crippen LogP contribution is 2.37. The number of aryl methyl sites for hydroxylation is 2. The minimum atomic E-state index is -4.38. The third-order valence-corrected chi connectivity index (χ3v) is 7.21. The molecule has 2 atom stereocenters. The smallest absolute Gasteiger partial charge is 0.416 e. The molecule has 0 aliphatic heterocycles. The number of aromatic nitrogens is 1. The van der Waals surface area contributed by atoms with Gasteiger partial charge in [0.15, 0.2) is 0 Å². The van der Waals surface area contributed by atoms with E-state index in [4.69, 9.17) is 14.8 Å². The summed E-state index contributed by atoms with van der Waals surface area (Å²) in [5.41, 5.74) is 2.23. The van der Waals surface area contributed by atoms with Crippen molar-refractivity contribution in [1.82, 2.24) is 4.98 Å². The monoisotopic (exact) mass is 505 g/mol. The Labute approximate surface area is 207 Å². The number of rotatable bonds is 9. The summed E-state index contributed by atoms with van der Waals surface area (Å²) in [5, 5.41) is 9.66. The van der Waals surface area contributed by atoms with Gasteiger partial charge in [-0.05, 0) is 42.5 Å². The van der Waals surface area contributed by atoms with Gasteiger partial charge in [-0.1, -0.05) is 57.2 Å². The van der Waals surface area contributed by atoms with Crippen molar-refractivity contribution in [2.75, 3.05) is 6.61 Å². The number of nitrogens with zero attached hydrogens (tertiary/aromatic N) is 1. The highest BCUT2D eigenvalue weighted by Gasteiger charge is 2.32. The van der Waals surface area contributed by atoms with E-state index in [9.17, 15) is 18.0 Å². The van der Waals surface area contributed by atoms with Gasteiger partial charge >= 0.3 is 12.1 Å². The van der Waals surface area contributed by atoms with Gasteiger partial charge in [-0.3, -0.25) is 4.79 Å². The van der Waals surface area contributed by atoms with Crippen LogP contribution < -0.4 is 4.74 Å². The van der Waals surface area contributed by atoms with Gasteiger partial charge < -0.3 is 9.84 Å². The van der Waals surface area contributed by atoms with E-state index in [1.807, 2.05) is 25.1 Å². The van der Waals surface area contributed by atoms with E-state index in [2.05, 4.69) is 20.8 Å². The third-order valence-electron chi connectivity index (χ3n) is 5.80. The molecule has 35 heavy (non-hydrogen) atoms. The fourth-order valence-corrected chi connectivity index (χ4v) is 5.13. The molecule has 3 rings (SSSR count). The molecule has 0 saturated carbocycles. The van der Waals surface area contributed by atoms with E-state index in [1.54, 1.807) is 12.2 Å². The first-order chi connectivity index (χ1) is 16.5. The lowest BCUT2D eigenvalue weighted by Crippen LogP contribution is -2.09. The van der Waals surface area contributed by atoms with Gasteiger partial charge in [0.25, 0.3) is 0 Å². The number of hydrogen-bond donors (Lipinski definition) is 1. The normalized spacial score (nSPS) is 16.8. The van der Waals surface area contributed by atoms with Crippen LogP contribution in [0, 0.1) is 6.92 Å². The number of halogens is 3. The van der Waals surface area contributed by atoms with E-state index >= 15 is 0 Å². The van der Waals surface area contributed by atoms with Crippen LogP contribution in [0.5, 0.6) is 5.75 Å². The maximum atomic E-state index is 13.1. The molecule has 2 unspecified atom stereocenters. The van der Waals surface area contributed by atoms with Gasteiger partial charge in [0.2, 0.25) is 0 Å². The molecular formula is C27H30F3NO3S. The molecule has 0 radical (unpaired) electrons. The van der Waals surface area contributed by atoms with Gasteiger partial charge in [0.05, 0.1) is 17.9 Å². The number of carboxylic acids is 1. The number of benzene rings is 1. The van der Waals surface area contributed by atoms with Crippen molar-refractivity contribution in [3.63, 3.8) is 0 Å². The van der Waals surface area contributed by atoms with Gasteiger partial charge in [0.1, 0.15) is 10.8 Å². The van der Waals surface area contributed by atoms with Gasteiger partial charge in [-0.2, -0.15) is 13.2 Å². The maximum Gasteiger partial charge on any atom is 0.416 e. The maximum absolute atomic E-state index is 13.1. The average Bonchev–Trinajstić information content (AvgIpc) is 3.07. The number of aliphatic carboxylic acids is 1. The molecule has 8 heteroatoms. The Hall–Kier alpha value is -2.87. The minimum Gasteiger partial charge on any atom is -0.493 e. The summed E-state index contributed by atoms with van der Waals surface area (Å²) < 4.78 is 45.3. The van der Waals surface area contributed by atoms with E-state index in [0.717, 1.165) is 38.9 Å². The zero-order valence-corrected chi connectivity index (χ0v) is 21.0. The molecule has 1 aromatic heterocycles. The topological polar surface area (TPSA) is 59.4 Å². The molecule has 1 N–H and O–H groups in total. The van der Waals surface area contributed by atoms with Crippen molar-refractivity contribution < 1.29 is 27.8 Å². The summed E-state index contributed by atoms with van der Waals surface area (Å²) in [6.07, 6.45) is 3.11. The molecule has 188 valence electrons. The Balaban J connectivity index is 1.73. The molecule has 1 heterocycles. The van der Waals surface area contributed by atoms with Crippen LogP contribution in [0.3, 0.4) is 0 Å². The van der Waals surface area contributed by atoms with Crippen LogP contribution in [-0.2, 0) is 11.2 Å². The van der Waals surface area contributed by atoms with E-state index in [1.165, 1.54) is 17.4 Å². The lowest BCUT2D eigenvalue weighted by atomic mass is 10.0. The second-order valence-corrected chi connectivity index (χ2v) is 10.1. The molecular weight excluding hydrogens is 475 g/mol. The number of allylic oxidation sites excluding steroid dienone is 6. The van der Waals surface area contributed by atoms with Crippen LogP contribution in [0.1, 0.15) is 71.7 Å². The Morgan fingerprint density at radius 3 is 2.60 bits per heavy atom. The zero-order chi connectivity index (χ0) is 25.8. The number of carboxylic acid groups (broad SMARTS) is 1. The summed E-state index contributed by atoms with van der Waals surface area (Å²) in [5.74, 6) is -0.236. The van der Waals surface area contributed by atoms with Crippen LogP contribution >= 0.6 is 11.3 Å². The Morgan fingerprint density at radius 2 is 1.97 bits per heavy atom. The van der Waals surface area contributed by atoms with Gasteiger partial charge in [-0.15, -0.1) is 11.3 Å². The number of alkyl halides is 3. The first-order valence-corrected chi connectivity index (χ1v) is 12.4. The van der Waals surface area contributed by atoms with Gasteiger partial charge in [-0.25, -0.2) is 4.98 Å². The summed E-state index contributed by atoms with van der Waals surface area (Å²) in [6, 6.07) is 5.67. The molecule has 0 fully saturated rings. The number of thiazole rings is 1. The molecule has 1 aliphatic carbocycles. The van der Waals surface area contributed by atoms with Crippen molar-refractivity contribution in [3.8, 4) is 5.75 Å². The quantitative estimate of drug-likeness (QED) is 0.384. The largest absolute Gasteiger partial charge is 0.493 e. The summed E-state index contributed by atoms with van der Waals surface area (Å²) in [7, 11) is 0. The lowest BCUT2D eigenvalue weighted by molar-refractivity contribution is -0.136. The second-order valence-electron chi connectivity index (χ2n) is 9.04. The number of carbonyl (C=O) groups is 1. The molecule has 0 amide bonds. The lowest BCUT2D eigenvalue weighted by Gasteiger charge is -2.15. The molecule has 0 spiro atoms. The second kappa shape index (κ2) is 11.2. The van der Waals surface area contributed by atoms with Crippen molar-refractivity contribution in [2.24, 2.45) is 0 Å². The molecule has 4 nitrogen and oxygen atoms in total.